The van der Waals surface area contributed by atoms with E-state index in [2.05, 4.69) is 5.32 Å². The molecule has 3 aromatic rings. The first-order valence-corrected chi connectivity index (χ1v) is 8.75. The SMILES string of the molecule is O=C(c1cccs1)C(Nc1ccccc1)(c1ccc(Cl)cc1)C(F)F. The van der Waals surface area contributed by atoms with Crippen molar-refractivity contribution in [1.82, 2.24) is 0 Å². The second-order valence-electron chi connectivity index (χ2n) is 5.41. The number of para-hydroxylation sites is 1. The van der Waals surface area contributed by atoms with Crippen molar-refractivity contribution >= 4 is 34.4 Å². The van der Waals surface area contributed by atoms with Crippen LogP contribution in [0.2, 0.25) is 5.02 Å². The molecule has 128 valence electrons. The van der Waals surface area contributed by atoms with Gasteiger partial charge < -0.3 is 5.32 Å². The van der Waals surface area contributed by atoms with E-state index >= 15 is 0 Å². The number of thiophene rings is 1. The van der Waals surface area contributed by atoms with Crippen LogP contribution in [0.1, 0.15) is 15.2 Å². The summed E-state index contributed by atoms with van der Waals surface area (Å²) in [7, 11) is 0. The summed E-state index contributed by atoms with van der Waals surface area (Å²) in [6.07, 6.45) is -2.97. The second-order valence-corrected chi connectivity index (χ2v) is 6.80. The summed E-state index contributed by atoms with van der Waals surface area (Å²) in [6.45, 7) is 0. The van der Waals surface area contributed by atoms with Gasteiger partial charge >= 0.3 is 0 Å². The minimum absolute atomic E-state index is 0.161. The third-order valence-corrected chi connectivity index (χ3v) is 4.97. The van der Waals surface area contributed by atoms with Crippen LogP contribution in [0.25, 0.3) is 0 Å². The van der Waals surface area contributed by atoms with Crippen molar-refractivity contribution in [2.45, 2.75) is 12.0 Å². The maximum absolute atomic E-state index is 14.4. The minimum atomic E-state index is -2.97. The maximum Gasteiger partial charge on any atom is 0.272 e. The molecule has 1 N–H and O–H groups in total. The van der Waals surface area contributed by atoms with Gasteiger partial charge in [0, 0.05) is 10.7 Å². The Morgan fingerprint density at radius 3 is 2.24 bits per heavy atom. The van der Waals surface area contributed by atoms with E-state index in [1.165, 1.54) is 24.3 Å². The molecule has 0 saturated carbocycles. The standard InChI is InChI=1S/C19H14ClF2NOS/c20-14-10-8-13(9-11-14)19(18(21)22,17(24)16-7-4-12-25-16)23-15-5-2-1-3-6-15/h1-12,18,23H. The van der Waals surface area contributed by atoms with E-state index < -0.39 is 17.7 Å². The van der Waals surface area contributed by atoms with E-state index in [1.807, 2.05) is 0 Å². The Morgan fingerprint density at radius 1 is 1.00 bits per heavy atom. The summed E-state index contributed by atoms with van der Waals surface area (Å²) in [5, 5.41) is 4.88. The van der Waals surface area contributed by atoms with E-state index in [-0.39, 0.29) is 10.4 Å². The van der Waals surface area contributed by atoms with Crippen LogP contribution in [0.15, 0.2) is 72.1 Å². The molecular weight excluding hydrogens is 364 g/mol. The third-order valence-electron chi connectivity index (χ3n) is 3.85. The van der Waals surface area contributed by atoms with Gasteiger partial charge in [-0.25, -0.2) is 8.78 Å². The smallest absolute Gasteiger partial charge is 0.272 e. The monoisotopic (exact) mass is 377 g/mol. The van der Waals surface area contributed by atoms with Gasteiger partial charge in [0.05, 0.1) is 4.88 Å². The molecule has 25 heavy (non-hydrogen) atoms. The quantitative estimate of drug-likeness (QED) is 0.545. The van der Waals surface area contributed by atoms with Gasteiger partial charge in [0.25, 0.3) is 6.43 Å². The Labute approximate surface area is 153 Å². The van der Waals surface area contributed by atoms with Crippen LogP contribution in [0.5, 0.6) is 0 Å². The molecule has 6 heteroatoms. The van der Waals surface area contributed by atoms with Gasteiger partial charge in [0.2, 0.25) is 5.78 Å². The Kier molecular flexibility index (Phi) is 5.16. The van der Waals surface area contributed by atoms with E-state index in [0.717, 1.165) is 11.3 Å². The molecule has 0 saturated heterocycles. The molecule has 1 heterocycles. The zero-order valence-electron chi connectivity index (χ0n) is 13.0. The Morgan fingerprint density at radius 2 is 1.68 bits per heavy atom. The number of ketones is 1. The number of Topliss-reactive ketones (excluding diaryl/α,β-unsaturated/α-hetero) is 1. The number of hydrogen-bond donors (Lipinski definition) is 1. The van der Waals surface area contributed by atoms with Crippen molar-refractivity contribution in [3.05, 3.63) is 87.6 Å². The fraction of sp³-hybridized carbons (Fsp3) is 0.105. The number of carbonyl (C=O) groups is 1. The highest BCUT2D eigenvalue weighted by Crippen LogP contribution is 2.37. The van der Waals surface area contributed by atoms with Crippen LogP contribution in [-0.2, 0) is 5.54 Å². The minimum Gasteiger partial charge on any atom is -0.364 e. The van der Waals surface area contributed by atoms with Crippen molar-refractivity contribution in [1.29, 1.82) is 0 Å². The summed E-state index contributed by atoms with van der Waals surface area (Å²) in [5.41, 5.74) is -1.60. The topological polar surface area (TPSA) is 29.1 Å². The fourth-order valence-electron chi connectivity index (χ4n) is 2.60. The predicted octanol–water partition coefficient (Wildman–Crippen LogP) is 5.86. The Balaban J connectivity index is 2.17. The van der Waals surface area contributed by atoms with Crippen molar-refractivity contribution in [2.75, 3.05) is 5.32 Å². The van der Waals surface area contributed by atoms with Crippen LogP contribution in [0.3, 0.4) is 0 Å². The summed E-state index contributed by atoms with van der Waals surface area (Å²) < 4.78 is 28.7. The van der Waals surface area contributed by atoms with Crippen molar-refractivity contribution in [3.63, 3.8) is 0 Å². The van der Waals surface area contributed by atoms with Gasteiger partial charge in [-0.1, -0.05) is 48.0 Å². The first-order valence-electron chi connectivity index (χ1n) is 7.50. The lowest BCUT2D eigenvalue weighted by atomic mass is 9.84. The number of carbonyl (C=O) groups excluding carboxylic acids is 1. The van der Waals surface area contributed by atoms with Crippen molar-refractivity contribution < 1.29 is 13.6 Å². The van der Waals surface area contributed by atoms with Crippen LogP contribution in [0, 0.1) is 0 Å². The van der Waals surface area contributed by atoms with Crippen LogP contribution >= 0.6 is 22.9 Å². The average Bonchev–Trinajstić information content (AvgIpc) is 3.15. The maximum atomic E-state index is 14.4. The number of halogens is 3. The van der Waals surface area contributed by atoms with E-state index in [9.17, 15) is 13.6 Å². The number of rotatable bonds is 6. The first kappa shape index (κ1) is 17.6. The highest BCUT2D eigenvalue weighted by atomic mass is 35.5. The van der Waals surface area contributed by atoms with Gasteiger partial charge in [0.15, 0.2) is 5.54 Å². The lowest BCUT2D eigenvalue weighted by molar-refractivity contribution is 0.0492. The zero-order chi connectivity index (χ0) is 17.9. The number of anilines is 1. The van der Waals surface area contributed by atoms with Crippen LogP contribution in [0.4, 0.5) is 14.5 Å². The predicted molar refractivity (Wildman–Crippen MR) is 97.8 cm³/mol. The normalized spacial score (nSPS) is 13.4. The summed E-state index contributed by atoms with van der Waals surface area (Å²) in [6, 6.07) is 17.6. The molecule has 2 aromatic carbocycles. The van der Waals surface area contributed by atoms with E-state index in [1.54, 1.807) is 47.8 Å². The molecule has 1 atom stereocenters. The molecule has 0 amide bonds. The van der Waals surface area contributed by atoms with Crippen molar-refractivity contribution in [3.8, 4) is 0 Å². The molecule has 0 aliphatic carbocycles. The van der Waals surface area contributed by atoms with Crippen LogP contribution in [-0.4, -0.2) is 12.2 Å². The third kappa shape index (κ3) is 3.43. The van der Waals surface area contributed by atoms with Gasteiger partial charge in [-0.05, 0) is 41.3 Å². The largest absolute Gasteiger partial charge is 0.364 e. The molecule has 1 aromatic heterocycles. The Hall–Kier alpha value is -2.24. The average molecular weight is 378 g/mol. The summed E-state index contributed by atoms with van der Waals surface area (Å²) >= 11 is 7.02. The molecule has 3 rings (SSSR count). The number of hydrogen-bond acceptors (Lipinski definition) is 3. The number of nitrogens with one attached hydrogen (secondary N) is 1. The number of alkyl halides is 2. The summed E-state index contributed by atoms with van der Waals surface area (Å²) in [5.74, 6) is -0.677. The van der Waals surface area contributed by atoms with Gasteiger partial charge in [0.1, 0.15) is 0 Å². The first-order chi connectivity index (χ1) is 12.0. The van der Waals surface area contributed by atoms with E-state index in [4.69, 9.17) is 11.6 Å². The molecule has 0 aliphatic rings. The molecule has 1 unspecified atom stereocenters. The molecule has 0 aliphatic heterocycles. The zero-order valence-corrected chi connectivity index (χ0v) is 14.5. The molecule has 2 nitrogen and oxygen atoms in total. The lowest BCUT2D eigenvalue weighted by Gasteiger charge is -2.33. The molecule has 0 fully saturated rings. The van der Waals surface area contributed by atoms with Gasteiger partial charge in [-0.3, -0.25) is 4.79 Å². The lowest BCUT2D eigenvalue weighted by Crippen LogP contribution is -2.49. The van der Waals surface area contributed by atoms with Crippen LogP contribution < -0.4 is 5.32 Å². The highest BCUT2D eigenvalue weighted by molar-refractivity contribution is 7.12. The molecular formula is C19H14ClF2NOS. The molecule has 0 bridgehead atoms. The number of benzene rings is 2. The second kappa shape index (κ2) is 7.33. The van der Waals surface area contributed by atoms with Gasteiger partial charge in [-0.2, -0.15) is 0 Å². The van der Waals surface area contributed by atoms with E-state index in [0.29, 0.717) is 10.7 Å². The van der Waals surface area contributed by atoms with Gasteiger partial charge in [-0.15, -0.1) is 11.3 Å². The van der Waals surface area contributed by atoms with Crippen molar-refractivity contribution in [2.24, 2.45) is 0 Å². The molecule has 0 spiro atoms. The molecule has 0 radical (unpaired) electrons. The fourth-order valence-corrected chi connectivity index (χ4v) is 3.46. The summed E-state index contributed by atoms with van der Waals surface area (Å²) in [4.78, 5) is 13.4. The Bertz CT molecular complexity index is 838. The highest BCUT2D eigenvalue weighted by Gasteiger charge is 2.49.